The van der Waals surface area contributed by atoms with Gasteiger partial charge in [0.1, 0.15) is 12.1 Å². The molecule has 4 atom stereocenters. The summed E-state index contributed by atoms with van der Waals surface area (Å²) in [5.41, 5.74) is 6.18. The molecule has 1 amide bonds. The zero-order chi connectivity index (χ0) is 22.1. The molecule has 0 bridgehead atoms. The predicted octanol–water partition coefficient (Wildman–Crippen LogP) is 4.62. The van der Waals surface area contributed by atoms with Crippen LogP contribution in [0.2, 0.25) is 5.02 Å². The van der Waals surface area contributed by atoms with Crippen molar-refractivity contribution >= 4 is 23.8 Å². The van der Waals surface area contributed by atoms with Gasteiger partial charge in [-0.3, -0.25) is 4.79 Å². The number of halogens is 2. The van der Waals surface area contributed by atoms with Gasteiger partial charge in [0.25, 0.3) is 0 Å². The van der Waals surface area contributed by atoms with Gasteiger partial charge in [0, 0.05) is 23.0 Å². The first-order valence-electron chi connectivity index (χ1n) is 11.0. The zero-order valence-electron chi connectivity index (χ0n) is 18.2. The van der Waals surface area contributed by atoms with Crippen molar-refractivity contribution in [2.75, 3.05) is 6.54 Å². The van der Waals surface area contributed by atoms with Crippen molar-refractivity contribution in [1.82, 2.24) is 5.32 Å². The number of carbonyl (C=O) groups excluding carboxylic acids is 2. The van der Waals surface area contributed by atoms with E-state index in [-0.39, 0.29) is 28.3 Å². The van der Waals surface area contributed by atoms with Crippen LogP contribution in [-0.2, 0) is 15.0 Å². The van der Waals surface area contributed by atoms with E-state index in [9.17, 15) is 14.0 Å². The highest BCUT2D eigenvalue weighted by molar-refractivity contribution is 6.31. The molecule has 0 aliphatic heterocycles. The summed E-state index contributed by atoms with van der Waals surface area (Å²) in [5.74, 6) is 0.749. The summed E-state index contributed by atoms with van der Waals surface area (Å²) in [6, 6.07) is 4.00. The van der Waals surface area contributed by atoms with E-state index in [0.29, 0.717) is 36.8 Å². The van der Waals surface area contributed by atoms with E-state index in [4.69, 9.17) is 17.3 Å². The number of rotatable bonds is 8. The van der Waals surface area contributed by atoms with Crippen molar-refractivity contribution < 1.29 is 14.0 Å². The Morgan fingerprint density at radius 2 is 2.07 bits per heavy atom. The topological polar surface area (TPSA) is 72.2 Å². The van der Waals surface area contributed by atoms with Crippen LogP contribution >= 0.6 is 11.6 Å². The fourth-order valence-electron chi connectivity index (χ4n) is 5.37. The summed E-state index contributed by atoms with van der Waals surface area (Å²) in [6.45, 7) is 6.81. The standard InChI is InChI=1S/C24H34ClFN2O2/c1-15(2)8-16-9-17(12-23(3,11-16)14-29)21(27)13-28-22(30)24(6-7-24)19-5-4-18(26)10-20(19)25/h4-5,10,14-17,21H,6-9,11-13,27H2,1-3H3,(H,28,30). The molecule has 0 spiro atoms. The lowest BCUT2D eigenvalue weighted by Crippen LogP contribution is -2.48. The quantitative estimate of drug-likeness (QED) is 0.584. The van der Waals surface area contributed by atoms with Crippen molar-refractivity contribution in [3.63, 3.8) is 0 Å². The first-order chi connectivity index (χ1) is 14.1. The van der Waals surface area contributed by atoms with Gasteiger partial charge in [-0.15, -0.1) is 0 Å². The summed E-state index contributed by atoms with van der Waals surface area (Å²) in [6.07, 6.45) is 6.24. The average molecular weight is 437 g/mol. The Balaban J connectivity index is 1.63. The summed E-state index contributed by atoms with van der Waals surface area (Å²) < 4.78 is 13.4. The van der Waals surface area contributed by atoms with Crippen molar-refractivity contribution in [2.24, 2.45) is 28.9 Å². The van der Waals surface area contributed by atoms with E-state index in [2.05, 4.69) is 19.2 Å². The van der Waals surface area contributed by atoms with Crippen LogP contribution in [0.5, 0.6) is 0 Å². The minimum atomic E-state index is -0.672. The second-order valence-corrected chi connectivity index (χ2v) is 10.7. The largest absolute Gasteiger partial charge is 0.354 e. The maximum atomic E-state index is 13.4. The molecule has 30 heavy (non-hydrogen) atoms. The molecule has 0 heterocycles. The van der Waals surface area contributed by atoms with Gasteiger partial charge in [-0.05, 0) is 74.0 Å². The number of aldehydes is 1. The van der Waals surface area contributed by atoms with E-state index in [1.807, 2.05) is 6.92 Å². The number of nitrogens with one attached hydrogen (secondary N) is 1. The van der Waals surface area contributed by atoms with Crippen LogP contribution in [0, 0.1) is 29.0 Å². The van der Waals surface area contributed by atoms with E-state index < -0.39 is 11.2 Å². The molecule has 0 saturated heterocycles. The molecule has 2 aliphatic carbocycles. The molecule has 1 aromatic rings. The molecule has 0 aromatic heterocycles. The molecule has 2 fully saturated rings. The molecule has 2 saturated carbocycles. The maximum Gasteiger partial charge on any atom is 0.230 e. The molecule has 6 heteroatoms. The van der Waals surface area contributed by atoms with Crippen LogP contribution in [0.3, 0.4) is 0 Å². The SMILES string of the molecule is CC(C)CC1CC(C(N)CNC(=O)C2(c3ccc(F)cc3Cl)CC2)CC(C)(C=O)C1. The molecule has 3 N–H and O–H groups in total. The van der Waals surface area contributed by atoms with Crippen molar-refractivity contribution in [1.29, 1.82) is 0 Å². The third-order valence-electron chi connectivity index (χ3n) is 6.94. The second kappa shape index (κ2) is 8.96. The fourth-order valence-corrected chi connectivity index (χ4v) is 5.72. The Kier molecular flexibility index (Phi) is 6.93. The number of benzene rings is 1. The molecule has 2 aliphatic rings. The van der Waals surface area contributed by atoms with Gasteiger partial charge in [0.2, 0.25) is 5.91 Å². The van der Waals surface area contributed by atoms with Gasteiger partial charge >= 0.3 is 0 Å². The second-order valence-electron chi connectivity index (χ2n) is 10.3. The van der Waals surface area contributed by atoms with Gasteiger partial charge in [-0.25, -0.2) is 4.39 Å². The van der Waals surface area contributed by atoms with Gasteiger partial charge in [0.05, 0.1) is 5.41 Å². The van der Waals surface area contributed by atoms with Crippen LogP contribution in [0.25, 0.3) is 0 Å². The Bertz CT molecular complexity index is 795. The van der Waals surface area contributed by atoms with E-state index in [0.717, 1.165) is 32.0 Å². The molecule has 0 radical (unpaired) electrons. The van der Waals surface area contributed by atoms with Crippen molar-refractivity contribution in [3.8, 4) is 0 Å². The highest BCUT2D eigenvalue weighted by Gasteiger charge is 2.52. The van der Waals surface area contributed by atoms with Gasteiger partial charge in [0.15, 0.2) is 0 Å². The lowest BCUT2D eigenvalue weighted by molar-refractivity contribution is -0.124. The Morgan fingerprint density at radius 3 is 2.63 bits per heavy atom. The highest BCUT2D eigenvalue weighted by Crippen LogP contribution is 2.51. The first-order valence-corrected chi connectivity index (χ1v) is 11.4. The molecular weight excluding hydrogens is 403 g/mol. The number of carbonyl (C=O) groups is 2. The van der Waals surface area contributed by atoms with Crippen molar-refractivity contribution in [2.45, 2.75) is 70.8 Å². The number of nitrogens with two attached hydrogens (primary N) is 1. The Labute approximate surface area is 184 Å². The monoisotopic (exact) mass is 436 g/mol. The van der Waals surface area contributed by atoms with E-state index in [1.165, 1.54) is 12.1 Å². The molecular formula is C24H34ClFN2O2. The number of amides is 1. The minimum absolute atomic E-state index is 0.0980. The zero-order valence-corrected chi connectivity index (χ0v) is 19.0. The normalized spacial score (nSPS) is 28.8. The predicted molar refractivity (Wildman–Crippen MR) is 118 cm³/mol. The van der Waals surface area contributed by atoms with Crippen LogP contribution in [0.15, 0.2) is 18.2 Å². The summed E-state index contributed by atoms with van der Waals surface area (Å²) >= 11 is 6.21. The van der Waals surface area contributed by atoms with Crippen molar-refractivity contribution in [3.05, 3.63) is 34.6 Å². The molecule has 4 unspecified atom stereocenters. The summed E-state index contributed by atoms with van der Waals surface area (Å²) in [4.78, 5) is 24.7. The first kappa shape index (κ1) is 23.2. The number of hydrogen-bond donors (Lipinski definition) is 2. The van der Waals surface area contributed by atoms with E-state index >= 15 is 0 Å². The molecule has 4 nitrogen and oxygen atoms in total. The third-order valence-corrected chi connectivity index (χ3v) is 7.26. The Morgan fingerprint density at radius 1 is 1.37 bits per heavy atom. The van der Waals surface area contributed by atoms with E-state index in [1.54, 1.807) is 6.07 Å². The van der Waals surface area contributed by atoms with Gasteiger partial charge in [-0.2, -0.15) is 0 Å². The Hall–Kier alpha value is -1.46. The smallest absolute Gasteiger partial charge is 0.230 e. The lowest BCUT2D eigenvalue weighted by atomic mass is 9.64. The fraction of sp³-hybridized carbons (Fsp3) is 0.667. The van der Waals surface area contributed by atoms with Crippen LogP contribution in [-0.4, -0.2) is 24.8 Å². The summed E-state index contributed by atoms with van der Waals surface area (Å²) in [5, 5.41) is 3.31. The average Bonchev–Trinajstić information content (AvgIpc) is 3.46. The van der Waals surface area contributed by atoms with Gasteiger partial charge < -0.3 is 15.8 Å². The molecule has 3 rings (SSSR count). The van der Waals surface area contributed by atoms with Crippen LogP contribution < -0.4 is 11.1 Å². The lowest BCUT2D eigenvalue weighted by Gasteiger charge is -2.42. The number of hydrogen-bond acceptors (Lipinski definition) is 3. The maximum absolute atomic E-state index is 13.4. The molecule has 166 valence electrons. The third kappa shape index (κ3) is 5.05. The van der Waals surface area contributed by atoms with Gasteiger partial charge in [-0.1, -0.05) is 38.4 Å². The molecule has 1 aromatic carbocycles. The van der Waals surface area contributed by atoms with Crippen LogP contribution in [0.1, 0.15) is 64.9 Å². The summed E-state index contributed by atoms with van der Waals surface area (Å²) in [7, 11) is 0. The minimum Gasteiger partial charge on any atom is -0.354 e. The van der Waals surface area contributed by atoms with Crippen LogP contribution in [0.4, 0.5) is 4.39 Å². The highest BCUT2D eigenvalue weighted by atomic mass is 35.5.